The van der Waals surface area contributed by atoms with Crippen LogP contribution in [0.5, 0.6) is 0 Å². The molecule has 0 aliphatic heterocycles. The van der Waals surface area contributed by atoms with Crippen molar-refractivity contribution >= 4 is 82.3 Å². The summed E-state index contributed by atoms with van der Waals surface area (Å²) in [5.41, 5.74) is 9.01. The van der Waals surface area contributed by atoms with Crippen LogP contribution in [0, 0.1) is 0 Å². The Morgan fingerprint density at radius 2 is 1.09 bits per heavy atom. The van der Waals surface area contributed by atoms with Gasteiger partial charge in [0.05, 0.1) is 22.4 Å². The molecule has 11 aromatic rings. The maximum atomic E-state index is 6.70. The molecule has 9 aromatic carbocycles. The second-order valence-corrected chi connectivity index (χ2v) is 13.6. The van der Waals surface area contributed by atoms with Crippen molar-refractivity contribution in [3.63, 3.8) is 0 Å². The Morgan fingerprint density at radius 3 is 1.98 bits per heavy atom. The molecule has 0 spiro atoms. The Labute approximate surface area is 305 Å². The lowest BCUT2D eigenvalue weighted by Gasteiger charge is -2.27. The van der Waals surface area contributed by atoms with Gasteiger partial charge in [0.25, 0.3) is 0 Å². The largest absolute Gasteiger partial charge is 0.434 e. The molecule has 2 heterocycles. The number of benzene rings is 9. The van der Waals surface area contributed by atoms with Crippen molar-refractivity contribution in [2.75, 3.05) is 4.90 Å². The van der Waals surface area contributed by atoms with E-state index in [1.807, 2.05) is 36.4 Å². The van der Waals surface area contributed by atoms with Crippen molar-refractivity contribution in [1.82, 2.24) is 9.55 Å². The minimum absolute atomic E-state index is 0.602. The van der Waals surface area contributed by atoms with Gasteiger partial charge in [-0.15, -0.1) is 0 Å². The van der Waals surface area contributed by atoms with Crippen LogP contribution < -0.4 is 4.90 Å². The normalized spacial score (nSPS) is 11.8. The Balaban J connectivity index is 1.22. The number of aromatic nitrogens is 2. The van der Waals surface area contributed by atoms with Crippen molar-refractivity contribution < 1.29 is 4.42 Å². The molecule has 0 fully saturated rings. The molecule has 248 valence electrons. The van der Waals surface area contributed by atoms with E-state index in [1.165, 1.54) is 48.7 Å². The van der Waals surface area contributed by atoms with Crippen molar-refractivity contribution in [2.24, 2.45) is 0 Å². The molecule has 11 rings (SSSR count). The third kappa shape index (κ3) is 4.59. The van der Waals surface area contributed by atoms with Gasteiger partial charge >= 0.3 is 0 Å². The second kappa shape index (κ2) is 11.7. The topological polar surface area (TPSA) is 34.2 Å². The number of fused-ring (bicyclic) bond motifs is 9. The quantitative estimate of drug-likeness (QED) is 0.170. The van der Waals surface area contributed by atoms with E-state index in [0.29, 0.717) is 5.89 Å². The molecule has 4 nitrogen and oxygen atoms in total. The van der Waals surface area contributed by atoms with E-state index in [9.17, 15) is 0 Å². The van der Waals surface area contributed by atoms with Crippen molar-refractivity contribution in [1.29, 1.82) is 0 Å². The highest BCUT2D eigenvalue weighted by atomic mass is 16.3. The molecule has 0 N–H and O–H groups in total. The first-order chi connectivity index (χ1) is 26.3. The first-order valence-electron chi connectivity index (χ1n) is 18.0. The maximum Gasteiger partial charge on any atom is 0.227 e. The molecular formula is C49H31N3O. The minimum Gasteiger partial charge on any atom is -0.434 e. The maximum absolute atomic E-state index is 6.70. The molecule has 0 radical (unpaired) electrons. The van der Waals surface area contributed by atoms with Crippen LogP contribution in [0.25, 0.3) is 82.4 Å². The number of hydrogen-bond acceptors (Lipinski definition) is 3. The average Bonchev–Trinajstić information content (AvgIpc) is 3.82. The van der Waals surface area contributed by atoms with Gasteiger partial charge in [-0.25, -0.2) is 4.98 Å². The fourth-order valence-electron chi connectivity index (χ4n) is 8.20. The Bertz CT molecular complexity index is 3180. The van der Waals surface area contributed by atoms with Crippen LogP contribution in [0.3, 0.4) is 0 Å². The van der Waals surface area contributed by atoms with E-state index in [2.05, 4.69) is 161 Å². The molecule has 0 saturated carbocycles. The molecule has 2 aromatic heterocycles. The van der Waals surface area contributed by atoms with E-state index in [1.54, 1.807) is 0 Å². The highest BCUT2D eigenvalue weighted by molar-refractivity contribution is 6.21. The van der Waals surface area contributed by atoms with Gasteiger partial charge in [-0.2, -0.15) is 0 Å². The lowest BCUT2D eigenvalue weighted by atomic mass is 10.00. The van der Waals surface area contributed by atoms with Gasteiger partial charge in [-0.05, 0) is 82.2 Å². The smallest absolute Gasteiger partial charge is 0.227 e. The van der Waals surface area contributed by atoms with Crippen LogP contribution in [-0.4, -0.2) is 9.55 Å². The lowest BCUT2D eigenvalue weighted by molar-refractivity contribution is 0.620. The van der Waals surface area contributed by atoms with Gasteiger partial charge in [-0.1, -0.05) is 127 Å². The molecule has 4 heteroatoms. The van der Waals surface area contributed by atoms with Crippen LogP contribution in [0.15, 0.2) is 192 Å². The van der Waals surface area contributed by atoms with Crippen LogP contribution >= 0.6 is 0 Å². The summed E-state index contributed by atoms with van der Waals surface area (Å²) in [6, 6.07) is 66.8. The fourth-order valence-corrected chi connectivity index (χ4v) is 8.20. The van der Waals surface area contributed by atoms with Gasteiger partial charge in [0, 0.05) is 38.5 Å². The summed E-state index contributed by atoms with van der Waals surface area (Å²) in [4.78, 5) is 7.32. The zero-order chi connectivity index (χ0) is 34.9. The zero-order valence-electron chi connectivity index (χ0n) is 28.6. The summed E-state index contributed by atoms with van der Waals surface area (Å²) in [6.45, 7) is 0. The van der Waals surface area contributed by atoms with Crippen molar-refractivity contribution in [2.45, 2.75) is 0 Å². The SMILES string of the molecule is c1ccc(-c2nc3cccc(N(c4ccc5c(ccc6ccccc65)c4)c4cccc5c4ccc4c6ccccc6n(-c6ccccc6)c54)c3o2)cc1. The Hall–Kier alpha value is -7.17. The third-order valence-electron chi connectivity index (χ3n) is 10.6. The average molecular weight is 678 g/mol. The first-order valence-corrected chi connectivity index (χ1v) is 18.0. The van der Waals surface area contributed by atoms with Crippen LogP contribution in [0.2, 0.25) is 0 Å². The summed E-state index contributed by atoms with van der Waals surface area (Å²) in [5.74, 6) is 0.602. The highest BCUT2D eigenvalue weighted by Crippen LogP contribution is 2.46. The highest BCUT2D eigenvalue weighted by Gasteiger charge is 2.23. The Kier molecular flexibility index (Phi) is 6.52. The number of rotatable bonds is 5. The summed E-state index contributed by atoms with van der Waals surface area (Å²) >= 11 is 0. The fraction of sp³-hybridized carbons (Fsp3) is 0. The van der Waals surface area contributed by atoms with Crippen LogP contribution in [-0.2, 0) is 0 Å². The van der Waals surface area contributed by atoms with Crippen LogP contribution in [0.4, 0.5) is 17.1 Å². The molecule has 0 amide bonds. The van der Waals surface area contributed by atoms with Gasteiger partial charge in [0.2, 0.25) is 5.89 Å². The van der Waals surface area contributed by atoms with E-state index in [4.69, 9.17) is 9.40 Å². The van der Waals surface area contributed by atoms with E-state index < -0.39 is 0 Å². The Morgan fingerprint density at radius 1 is 0.453 bits per heavy atom. The third-order valence-corrected chi connectivity index (χ3v) is 10.6. The number of oxazole rings is 1. The van der Waals surface area contributed by atoms with E-state index in [-0.39, 0.29) is 0 Å². The number of hydrogen-bond donors (Lipinski definition) is 0. The first kappa shape index (κ1) is 29.5. The van der Waals surface area contributed by atoms with Crippen LogP contribution in [0.1, 0.15) is 0 Å². The molecule has 53 heavy (non-hydrogen) atoms. The van der Waals surface area contributed by atoms with Crippen molar-refractivity contribution in [3.8, 4) is 17.1 Å². The molecule has 0 saturated heterocycles. The number of anilines is 3. The summed E-state index contributed by atoms with van der Waals surface area (Å²) in [6.07, 6.45) is 0. The monoisotopic (exact) mass is 677 g/mol. The molecular weight excluding hydrogens is 647 g/mol. The summed E-state index contributed by atoms with van der Waals surface area (Å²) in [5, 5.41) is 9.64. The lowest BCUT2D eigenvalue weighted by Crippen LogP contribution is -2.11. The summed E-state index contributed by atoms with van der Waals surface area (Å²) in [7, 11) is 0. The van der Waals surface area contributed by atoms with Gasteiger partial charge in [0.1, 0.15) is 5.52 Å². The van der Waals surface area contributed by atoms with E-state index >= 15 is 0 Å². The molecule has 0 unspecified atom stereocenters. The van der Waals surface area contributed by atoms with Gasteiger partial charge in [-0.3, -0.25) is 0 Å². The second-order valence-electron chi connectivity index (χ2n) is 13.6. The van der Waals surface area contributed by atoms with Gasteiger partial charge in [0.15, 0.2) is 5.58 Å². The standard InChI is InChI=1S/C49H31N3O/c1-3-14-33(15-4-1)49-50-43-21-12-24-46(48(43)53-49)51(36-27-28-38-34(31-36)26-25-32-13-7-8-18-37(32)38)44-23-11-20-41-40(44)29-30-42-39-19-9-10-22-45(39)52(47(41)42)35-16-5-2-6-17-35/h1-31H. The summed E-state index contributed by atoms with van der Waals surface area (Å²) < 4.78 is 9.10. The predicted octanol–water partition coefficient (Wildman–Crippen LogP) is 13.5. The van der Waals surface area contributed by atoms with Gasteiger partial charge < -0.3 is 13.9 Å². The zero-order valence-corrected chi connectivity index (χ0v) is 28.6. The molecule has 0 atom stereocenters. The van der Waals surface area contributed by atoms with E-state index in [0.717, 1.165) is 44.8 Å². The molecule has 0 aliphatic carbocycles. The minimum atomic E-state index is 0.602. The number of nitrogens with zero attached hydrogens (tertiary/aromatic N) is 3. The molecule has 0 bridgehead atoms. The predicted molar refractivity (Wildman–Crippen MR) is 221 cm³/mol. The molecule has 0 aliphatic rings. The number of para-hydroxylation sites is 3. The van der Waals surface area contributed by atoms with Crippen molar-refractivity contribution in [3.05, 3.63) is 188 Å².